The lowest BCUT2D eigenvalue weighted by atomic mass is 10.2. The lowest BCUT2D eigenvalue weighted by molar-refractivity contribution is -0.134. The van der Waals surface area contributed by atoms with Gasteiger partial charge in [0.2, 0.25) is 5.95 Å². The summed E-state index contributed by atoms with van der Waals surface area (Å²) in [4.78, 5) is 36.2. The second-order valence-corrected chi connectivity index (χ2v) is 5.94. The van der Waals surface area contributed by atoms with Crippen molar-refractivity contribution in [3.05, 3.63) is 53.3 Å². The van der Waals surface area contributed by atoms with Crippen molar-refractivity contribution in [2.75, 3.05) is 37.7 Å². The van der Waals surface area contributed by atoms with Crippen molar-refractivity contribution in [1.82, 2.24) is 14.9 Å². The molecule has 0 saturated carbocycles. The topological polar surface area (TPSA) is 75.6 Å². The Kier molecular flexibility index (Phi) is 5.45. The SMILES string of the molecule is O=C(OCC(=O)N1CCN(c2ncccn2)CC1)c1ccc(Cl)cc1. The maximum Gasteiger partial charge on any atom is 0.338 e. The molecule has 25 heavy (non-hydrogen) atoms. The summed E-state index contributed by atoms with van der Waals surface area (Å²) in [6.45, 7) is 2.08. The number of amides is 1. The van der Waals surface area contributed by atoms with Gasteiger partial charge in [-0.25, -0.2) is 14.8 Å². The van der Waals surface area contributed by atoms with E-state index in [1.54, 1.807) is 47.6 Å². The Morgan fingerprint density at radius 2 is 1.68 bits per heavy atom. The minimum absolute atomic E-state index is 0.212. The van der Waals surface area contributed by atoms with Crippen LogP contribution in [0.1, 0.15) is 10.4 Å². The molecule has 1 saturated heterocycles. The van der Waals surface area contributed by atoms with E-state index in [4.69, 9.17) is 16.3 Å². The predicted octanol–water partition coefficient (Wildman–Crippen LogP) is 1.64. The van der Waals surface area contributed by atoms with E-state index in [-0.39, 0.29) is 12.5 Å². The summed E-state index contributed by atoms with van der Waals surface area (Å²) in [7, 11) is 0. The molecule has 1 aromatic carbocycles. The Labute approximate surface area is 150 Å². The van der Waals surface area contributed by atoms with E-state index in [9.17, 15) is 9.59 Å². The number of carbonyl (C=O) groups is 2. The van der Waals surface area contributed by atoms with Gasteiger partial charge in [-0.05, 0) is 30.3 Å². The van der Waals surface area contributed by atoms with Crippen LogP contribution in [0.2, 0.25) is 5.02 Å². The average molecular weight is 361 g/mol. The zero-order valence-corrected chi connectivity index (χ0v) is 14.2. The first-order chi connectivity index (χ1) is 12.1. The summed E-state index contributed by atoms with van der Waals surface area (Å²) in [6, 6.07) is 8.09. The van der Waals surface area contributed by atoms with E-state index in [1.165, 1.54) is 0 Å². The van der Waals surface area contributed by atoms with E-state index < -0.39 is 5.97 Å². The van der Waals surface area contributed by atoms with Gasteiger partial charge in [0, 0.05) is 43.6 Å². The van der Waals surface area contributed by atoms with Crippen LogP contribution in [0.15, 0.2) is 42.7 Å². The highest BCUT2D eigenvalue weighted by Gasteiger charge is 2.23. The van der Waals surface area contributed by atoms with Crippen LogP contribution in [0.5, 0.6) is 0 Å². The number of anilines is 1. The zero-order chi connectivity index (χ0) is 17.6. The first kappa shape index (κ1) is 17.2. The van der Waals surface area contributed by atoms with Crippen LogP contribution >= 0.6 is 11.6 Å². The highest BCUT2D eigenvalue weighted by molar-refractivity contribution is 6.30. The number of piperazine rings is 1. The molecule has 1 fully saturated rings. The maximum atomic E-state index is 12.2. The summed E-state index contributed by atoms with van der Waals surface area (Å²) in [6.07, 6.45) is 3.38. The first-order valence-corrected chi connectivity index (χ1v) is 8.24. The van der Waals surface area contributed by atoms with Crippen molar-refractivity contribution >= 4 is 29.4 Å². The highest BCUT2D eigenvalue weighted by atomic mass is 35.5. The van der Waals surface area contributed by atoms with Gasteiger partial charge < -0.3 is 14.5 Å². The molecule has 1 aliphatic rings. The Hall–Kier alpha value is -2.67. The summed E-state index contributed by atoms with van der Waals surface area (Å²) < 4.78 is 5.08. The molecule has 1 aromatic heterocycles. The van der Waals surface area contributed by atoms with Crippen LogP contribution in [-0.4, -0.2) is 59.5 Å². The second kappa shape index (κ2) is 7.94. The third-order valence-corrected chi connectivity index (χ3v) is 4.13. The molecule has 1 amide bonds. The molecule has 0 radical (unpaired) electrons. The molecule has 8 heteroatoms. The molecule has 0 spiro atoms. The fraction of sp³-hybridized carbons (Fsp3) is 0.294. The average Bonchev–Trinajstić information content (AvgIpc) is 2.67. The third-order valence-electron chi connectivity index (χ3n) is 3.87. The Morgan fingerprint density at radius 1 is 1.04 bits per heavy atom. The number of aromatic nitrogens is 2. The normalized spacial score (nSPS) is 14.3. The van der Waals surface area contributed by atoms with E-state index in [0.29, 0.717) is 42.7 Å². The number of esters is 1. The summed E-state index contributed by atoms with van der Waals surface area (Å²) in [5, 5.41) is 0.535. The Balaban J connectivity index is 1.46. The lowest BCUT2D eigenvalue weighted by Gasteiger charge is -2.34. The van der Waals surface area contributed by atoms with Gasteiger partial charge in [0.15, 0.2) is 6.61 Å². The predicted molar refractivity (Wildman–Crippen MR) is 92.6 cm³/mol. The molecule has 7 nitrogen and oxygen atoms in total. The molecule has 0 N–H and O–H groups in total. The molecule has 1 aliphatic heterocycles. The maximum absolute atomic E-state index is 12.2. The quantitative estimate of drug-likeness (QED) is 0.771. The van der Waals surface area contributed by atoms with Gasteiger partial charge in [-0.15, -0.1) is 0 Å². The van der Waals surface area contributed by atoms with Crippen molar-refractivity contribution in [2.45, 2.75) is 0 Å². The number of hydrogen-bond donors (Lipinski definition) is 0. The number of benzene rings is 1. The minimum atomic E-state index is -0.540. The Morgan fingerprint density at radius 3 is 2.32 bits per heavy atom. The summed E-state index contributed by atoms with van der Waals surface area (Å²) >= 11 is 5.78. The van der Waals surface area contributed by atoms with Gasteiger partial charge in [-0.3, -0.25) is 4.79 Å². The standard InChI is InChI=1S/C17H17ClN4O3/c18-14-4-2-13(3-5-14)16(24)25-12-15(23)21-8-10-22(11-9-21)17-19-6-1-7-20-17/h1-7H,8-12H2. The van der Waals surface area contributed by atoms with Gasteiger partial charge in [0.25, 0.3) is 5.91 Å². The molecule has 3 rings (SSSR count). The van der Waals surface area contributed by atoms with Crippen molar-refractivity contribution in [2.24, 2.45) is 0 Å². The first-order valence-electron chi connectivity index (χ1n) is 7.86. The molecule has 0 unspecified atom stereocenters. The molecule has 0 atom stereocenters. The van der Waals surface area contributed by atoms with Gasteiger partial charge in [0.05, 0.1) is 5.56 Å². The summed E-state index contributed by atoms with van der Waals surface area (Å²) in [5.74, 6) is -0.0963. The number of carbonyl (C=O) groups excluding carboxylic acids is 2. The van der Waals surface area contributed by atoms with E-state index in [1.807, 2.05) is 4.90 Å². The van der Waals surface area contributed by atoms with Crippen molar-refractivity contribution in [3.8, 4) is 0 Å². The van der Waals surface area contributed by atoms with Gasteiger partial charge in [-0.1, -0.05) is 11.6 Å². The fourth-order valence-corrected chi connectivity index (χ4v) is 2.62. The van der Waals surface area contributed by atoms with Crippen LogP contribution in [0, 0.1) is 0 Å². The van der Waals surface area contributed by atoms with E-state index >= 15 is 0 Å². The molecule has 2 aromatic rings. The molecule has 0 aliphatic carbocycles. The second-order valence-electron chi connectivity index (χ2n) is 5.50. The zero-order valence-electron chi connectivity index (χ0n) is 13.5. The summed E-state index contributed by atoms with van der Waals surface area (Å²) in [5.41, 5.74) is 0.364. The van der Waals surface area contributed by atoms with Crippen LogP contribution < -0.4 is 4.90 Å². The largest absolute Gasteiger partial charge is 0.452 e. The van der Waals surface area contributed by atoms with E-state index in [2.05, 4.69) is 9.97 Å². The fourth-order valence-electron chi connectivity index (χ4n) is 2.50. The smallest absolute Gasteiger partial charge is 0.338 e. The molecule has 0 bridgehead atoms. The van der Waals surface area contributed by atoms with Crippen molar-refractivity contribution in [3.63, 3.8) is 0 Å². The molecular formula is C17H17ClN4O3. The number of nitrogens with zero attached hydrogens (tertiary/aromatic N) is 4. The molecule has 130 valence electrons. The van der Waals surface area contributed by atoms with Crippen LogP contribution in [-0.2, 0) is 9.53 Å². The number of rotatable bonds is 4. The monoisotopic (exact) mass is 360 g/mol. The Bertz CT molecular complexity index is 731. The van der Waals surface area contributed by atoms with Crippen molar-refractivity contribution < 1.29 is 14.3 Å². The van der Waals surface area contributed by atoms with Crippen LogP contribution in [0.4, 0.5) is 5.95 Å². The van der Waals surface area contributed by atoms with E-state index in [0.717, 1.165) is 0 Å². The number of halogens is 1. The van der Waals surface area contributed by atoms with Crippen molar-refractivity contribution in [1.29, 1.82) is 0 Å². The number of ether oxygens (including phenoxy) is 1. The van der Waals surface area contributed by atoms with Gasteiger partial charge >= 0.3 is 5.97 Å². The number of hydrogen-bond acceptors (Lipinski definition) is 6. The third kappa shape index (κ3) is 4.45. The lowest BCUT2D eigenvalue weighted by Crippen LogP contribution is -2.50. The van der Waals surface area contributed by atoms with Crippen LogP contribution in [0.25, 0.3) is 0 Å². The van der Waals surface area contributed by atoms with Gasteiger partial charge in [0.1, 0.15) is 0 Å². The molecule has 2 heterocycles. The molecular weight excluding hydrogens is 344 g/mol. The van der Waals surface area contributed by atoms with Crippen LogP contribution in [0.3, 0.4) is 0 Å². The highest BCUT2D eigenvalue weighted by Crippen LogP contribution is 2.12. The minimum Gasteiger partial charge on any atom is -0.452 e. The van der Waals surface area contributed by atoms with Gasteiger partial charge in [-0.2, -0.15) is 0 Å².